The molecular formula is C16H11ClN2O6. The third-order valence-electron chi connectivity index (χ3n) is 5.32. The number of amides is 2. The number of ketones is 2. The van der Waals surface area contributed by atoms with Crippen LogP contribution in [0.25, 0.3) is 0 Å². The number of Topliss-reactive ketones (excluding diaryl/α,β-unsaturated/α-hetero) is 2. The van der Waals surface area contributed by atoms with Gasteiger partial charge in [0.15, 0.2) is 0 Å². The average molecular weight is 363 g/mol. The molecule has 8 nitrogen and oxygen atoms in total. The highest BCUT2D eigenvalue weighted by Gasteiger charge is 2.63. The van der Waals surface area contributed by atoms with Crippen molar-refractivity contribution in [2.24, 2.45) is 23.7 Å². The van der Waals surface area contributed by atoms with Crippen molar-refractivity contribution in [3.05, 3.63) is 33.3 Å². The summed E-state index contributed by atoms with van der Waals surface area (Å²) in [7, 11) is 0. The Bertz CT molecular complexity index is 841. The molecule has 5 rings (SSSR count). The minimum atomic E-state index is -0.855. The van der Waals surface area contributed by atoms with Crippen molar-refractivity contribution < 1.29 is 24.1 Å². The number of halogens is 1. The highest BCUT2D eigenvalue weighted by Crippen LogP contribution is 2.51. The lowest BCUT2D eigenvalue weighted by molar-refractivity contribution is -0.384. The summed E-state index contributed by atoms with van der Waals surface area (Å²) in [6.07, 6.45) is -0.0312. The number of nitrogens with zero attached hydrogens (tertiary/aromatic N) is 2. The van der Waals surface area contributed by atoms with Crippen LogP contribution in [-0.4, -0.2) is 28.3 Å². The molecule has 128 valence electrons. The molecular weight excluding hydrogens is 352 g/mol. The lowest BCUT2D eigenvalue weighted by Gasteiger charge is -2.40. The average Bonchev–Trinajstić information content (AvgIpc) is 2.82. The first-order valence-corrected chi connectivity index (χ1v) is 8.06. The Morgan fingerprint density at radius 3 is 2.00 bits per heavy atom. The van der Waals surface area contributed by atoms with Crippen LogP contribution < -0.4 is 4.90 Å². The van der Waals surface area contributed by atoms with Crippen molar-refractivity contribution in [2.45, 2.75) is 12.8 Å². The predicted molar refractivity (Wildman–Crippen MR) is 83.8 cm³/mol. The second kappa shape index (κ2) is 5.19. The van der Waals surface area contributed by atoms with Crippen LogP contribution in [0, 0.1) is 33.8 Å². The molecule has 1 aromatic carbocycles. The van der Waals surface area contributed by atoms with Crippen LogP contribution in [0.2, 0.25) is 5.02 Å². The van der Waals surface area contributed by atoms with Gasteiger partial charge in [-0.25, -0.2) is 4.90 Å². The maximum absolute atomic E-state index is 12.8. The summed E-state index contributed by atoms with van der Waals surface area (Å²) in [5.41, 5.74) is -0.399. The van der Waals surface area contributed by atoms with Crippen molar-refractivity contribution in [3.63, 3.8) is 0 Å². The van der Waals surface area contributed by atoms with E-state index >= 15 is 0 Å². The molecule has 1 aromatic rings. The van der Waals surface area contributed by atoms with Crippen molar-refractivity contribution in [1.82, 2.24) is 0 Å². The summed E-state index contributed by atoms with van der Waals surface area (Å²) in [6, 6.07) is 3.64. The normalized spacial score (nSPS) is 30.8. The Morgan fingerprint density at radius 2 is 1.52 bits per heavy atom. The van der Waals surface area contributed by atoms with Gasteiger partial charge in [-0.3, -0.25) is 29.3 Å². The number of nitro benzene ring substituents is 1. The van der Waals surface area contributed by atoms with Gasteiger partial charge in [0.1, 0.15) is 16.6 Å². The number of hydrogen-bond acceptors (Lipinski definition) is 6. The topological polar surface area (TPSA) is 115 Å². The van der Waals surface area contributed by atoms with Crippen molar-refractivity contribution >= 4 is 46.4 Å². The van der Waals surface area contributed by atoms with Gasteiger partial charge in [0.2, 0.25) is 11.8 Å². The monoisotopic (exact) mass is 362 g/mol. The van der Waals surface area contributed by atoms with E-state index in [1.807, 2.05) is 0 Å². The van der Waals surface area contributed by atoms with Crippen LogP contribution in [0.3, 0.4) is 0 Å². The van der Waals surface area contributed by atoms with E-state index in [0.29, 0.717) is 0 Å². The zero-order valence-corrected chi connectivity index (χ0v) is 13.4. The van der Waals surface area contributed by atoms with Crippen LogP contribution >= 0.6 is 11.6 Å². The number of fused-ring (bicyclic) bond motifs is 2. The van der Waals surface area contributed by atoms with Crippen LogP contribution in [0.4, 0.5) is 11.4 Å². The highest BCUT2D eigenvalue weighted by molar-refractivity contribution is 6.33. The largest absolute Gasteiger partial charge is 0.299 e. The van der Waals surface area contributed by atoms with Crippen LogP contribution in [0.15, 0.2) is 18.2 Å². The minimum Gasteiger partial charge on any atom is -0.299 e. The summed E-state index contributed by atoms with van der Waals surface area (Å²) in [5, 5.41) is 10.9. The smallest absolute Gasteiger partial charge is 0.289 e. The van der Waals surface area contributed by atoms with Gasteiger partial charge < -0.3 is 0 Å². The standard InChI is InChI=1S/C16H11ClN2O6/c17-9-2-1-6(3-10(9)19(24)25)18-15(22)13-7-4-11(20)8(5-12(7)21)14(13)16(18)23/h1-3,7-8,13-14H,4-5H2/t7-,8+,13-,14-/m1/s1. The number of anilines is 1. The molecule has 3 aliphatic carbocycles. The SMILES string of the molecule is O=C1C[C@H]2C(=O)C[C@H]1[C@H]1C(=O)N(c3ccc(Cl)c([N+](=O)[O-])c3)C(=O)[C@@H]12. The van der Waals surface area contributed by atoms with Gasteiger partial charge in [0.25, 0.3) is 5.69 Å². The van der Waals surface area contributed by atoms with Gasteiger partial charge in [-0.15, -0.1) is 0 Å². The van der Waals surface area contributed by atoms with E-state index in [1.54, 1.807) is 0 Å². The molecule has 9 heteroatoms. The predicted octanol–water partition coefficient (Wildman–Crippen LogP) is 1.53. The van der Waals surface area contributed by atoms with Gasteiger partial charge in [-0.2, -0.15) is 0 Å². The van der Waals surface area contributed by atoms with Crippen LogP contribution in [0.1, 0.15) is 12.8 Å². The quantitative estimate of drug-likeness (QED) is 0.447. The fourth-order valence-corrected chi connectivity index (χ4v) is 4.40. The fraction of sp³-hybridized carbons (Fsp3) is 0.375. The first-order valence-electron chi connectivity index (χ1n) is 7.68. The first kappa shape index (κ1) is 15.9. The Morgan fingerprint density at radius 1 is 1.00 bits per heavy atom. The molecule has 0 aromatic heterocycles. The molecule has 1 aliphatic heterocycles. The van der Waals surface area contributed by atoms with Crippen molar-refractivity contribution in [3.8, 4) is 0 Å². The highest BCUT2D eigenvalue weighted by atomic mass is 35.5. The molecule has 0 radical (unpaired) electrons. The Labute approximate surface area is 145 Å². The zero-order valence-electron chi connectivity index (χ0n) is 12.7. The molecule has 1 saturated heterocycles. The lowest BCUT2D eigenvalue weighted by Crippen LogP contribution is -2.51. The Hall–Kier alpha value is -2.61. The zero-order chi connectivity index (χ0) is 18.0. The summed E-state index contributed by atoms with van der Waals surface area (Å²) in [4.78, 5) is 61.0. The van der Waals surface area contributed by atoms with Crippen LogP contribution in [-0.2, 0) is 19.2 Å². The summed E-state index contributed by atoms with van der Waals surface area (Å²) < 4.78 is 0. The van der Waals surface area contributed by atoms with Gasteiger partial charge in [0, 0.05) is 30.7 Å². The van der Waals surface area contributed by atoms with E-state index in [2.05, 4.69) is 0 Å². The van der Waals surface area contributed by atoms with Gasteiger partial charge in [0.05, 0.1) is 22.4 Å². The third-order valence-corrected chi connectivity index (χ3v) is 5.64. The van der Waals surface area contributed by atoms with Gasteiger partial charge >= 0.3 is 0 Å². The molecule has 25 heavy (non-hydrogen) atoms. The second-order valence-electron chi connectivity index (χ2n) is 6.51. The molecule has 0 unspecified atom stereocenters. The van der Waals surface area contributed by atoms with E-state index in [0.717, 1.165) is 11.0 Å². The van der Waals surface area contributed by atoms with E-state index in [-0.39, 0.29) is 35.1 Å². The summed E-state index contributed by atoms with van der Waals surface area (Å²) >= 11 is 5.77. The molecule has 2 amide bonds. The third kappa shape index (κ3) is 2.07. The number of benzene rings is 1. The van der Waals surface area contributed by atoms with E-state index in [9.17, 15) is 29.3 Å². The van der Waals surface area contributed by atoms with Gasteiger partial charge in [-0.1, -0.05) is 11.6 Å². The van der Waals surface area contributed by atoms with E-state index in [4.69, 9.17) is 11.6 Å². The first-order chi connectivity index (χ1) is 11.8. The minimum absolute atomic E-state index is 0.0156. The molecule has 4 atom stereocenters. The maximum atomic E-state index is 12.8. The summed E-state index contributed by atoms with van der Waals surface area (Å²) in [5.74, 6) is -4.76. The number of carbonyl (C=O) groups is 4. The molecule has 4 aliphatic rings. The maximum Gasteiger partial charge on any atom is 0.289 e. The Balaban J connectivity index is 1.79. The van der Waals surface area contributed by atoms with E-state index in [1.165, 1.54) is 12.1 Å². The van der Waals surface area contributed by atoms with E-state index < -0.39 is 46.1 Å². The number of carbonyl (C=O) groups excluding carboxylic acids is 4. The number of hydrogen-bond donors (Lipinski definition) is 0. The second-order valence-corrected chi connectivity index (χ2v) is 6.92. The molecule has 0 N–H and O–H groups in total. The Kier molecular flexibility index (Phi) is 3.30. The lowest BCUT2D eigenvalue weighted by atomic mass is 9.58. The van der Waals surface area contributed by atoms with Crippen molar-refractivity contribution in [2.75, 3.05) is 4.90 Å². The van der Waals surface area contributed by atoms with Crippen LogP contribution in [0.5, 0.6) is 0 Å². The summed E-state index contributed by atoms with van der Waals surface area (Å²) in [6.45, 7) is 0. The number of rotatable bonds is 2. The molecule has 1 heterocycles. The molecule has 4 fully saturated rings. The molecule has 0 spiro atoms. The molecule has 2 bridgehead atoms. The molecule has 3 saturated carbocycles. The van der Waals surface area contributed by atoms with Crippen molar-refractivity contribution in [1.29, 1.82) is 0 Å². The van der Waals surface area contributed by atoms with Gasteiger partial charge in [-0.05, 0) is 12.1 Å². The number of imide groups is 1. The fourth-order valence-electron chi connectivity index (χ4n) is 4.21. The number of nitro groups is 1.